The lowest BCUT2D eigenvalue weighted by Gasteiger charge is -2.42. The fraction of sp³-hybridized carbons (Fsp3) is 0.500. The maximum absolute atomic E-state index is 4.42. The van der Waals surface area contributed by atoms with E-state index in [0.717, 1.165) is 5.57 Å². The predicted molar refractivity (Wildman–Crippen MR) is 128 cm³/mol. The van der Waals surface area contributed by atoms with Crippen molar-refractivity contribution in [1.82, 2.24) is 0 Å². The number of hydrogen-bond donors (Lipinski definition) is 0. The third-order valence-electron chi connectivity index (χ3n) is 5.92. The highest BCUT2D eigenvalue weighted by Crippen LogP contribution is 2.47. The van der Waals surface area contributed by atoms with Crippen LogP contribution in [0.4, 0.5) is 0 Å². The molecule has 1 aliphatic carbocycles. The molecule has 3 rings (SSSR count). The Balaban J connectivity index is 0.000000921. The van der Waals surface area contributed by atoms with Gasteiger partial charge in [0.05, 0.1) is 0 Å². The van der Waals surface area contributed by atoms with Gasteiger partial charge in [0, 0.05) is 0 Å². The molecule has 0 unspecified atom stereocenters. The fourth-order valence-electron chi connectivity index (χ4n) is 3.96. The van der Waals surface area contributed by atoms with E-state index in [1.165, 1.54) is 46.2 Å². The molecular weight excluding hydrogens is 336 g/mol. The summed E-state index contributed by atoms with van der Waals surface area (Å²) in [7, 11) is 0. The molecule has 1 aliphatic rings. The first-order chi connectivity index (χ1) is 13.1. The van der Waals surface area contributed by atoms with Gasteiger partial charge < -0.3 is 0 Å². The van der Waals surface area contributed by atoms with Crippen LogP contribution in [0.2, 0.25) is 0 Å². The van der Waals surface area contributed by atoms with Crippen molar-refractivity contribution < 1.29 is 0 Å². The summed E-state index contributed by atoms with van der Waals surface area (Å²) >= 11 is 0. The summed E-state index contributed by atoms with van der Waals surface area (Å²) in [5.74, 6) is 0. The Bertz CT molecular complexity index is 786. The van der Waals surface area contributed by atoms with Gasteiger partial charge >= 0.3 is 0 Å². The van der Waals surface area contributed by atoms with Crippen LogP contribution < -0.4 is 0 Å². The Morgan fingerprint density at radius 1 is 0.750 bits per heavy atom. The zero-order chi connectivity index (χ0) is 21.7. The minimum absolute atomic E-state index is 0.237. The second kappa shape index (κ2) is 9.59. The van der Waals surface area contributed by atoms with Crippen molar-refractivity contribution in [3.05, 3.63) is 76.4 Å². The van der Waals surface area contributed by atoms with Gasteiger partial charge in [-0.3, -0.25) is 0 Å². The number of aryl methyl sites for hydroxylation is 2. The van der Waals surface area contributed by atoms with Gasteiger partial charge in [0.15, 0.2) is 0 Å². The summed E-state index contributed by atoms with van der Waals surface area (Å²) in [4.78, 5) is 0. The number of rotatable bonds is 2. The standard InChI is InChI=1S/C24H30.2C2H6/c1-16-8-10-19(11-9-16)18(3)20-15-22-21(14-17(20)2)23(4,5)12-13-24(22,6)7;2*1-2/h8-11,14-15H,3,12-13H2,1-2,4-7H3;2*1-2H3. The average Bonchev–Trinajstić information content (AvgIpc) is 2.68. The highest BCUT2D eigenvalue weighted by molar-refractivity contribution is 5.80. The first-order valence-corrected chi connectivity index (χ1v) is 11.0. The first kappa shape index (κ1) is 24.2. The summed E-state index contributed by atoms with van der Waals surface area (Å²) in [5, 5.41) is 0. The molecule has 0 nitrogen and oxygen atoms in total. The van der Waals surface area contributed by atoms with Crippen molar-refractivity contribution in [3.63, 3.8) is 0 Å². The van der Waals surface area contributed by atoms with Crippen molar-refractivity contribution in [2.75, 3.05) is 0 Å². The van der Waals surface area contributed by atoms with Crippen molar-refractivity contribution in [2.45, 2.75) is 92.9 Å². The van der Waals surface area contributed by atoms with Crippen molar-refractivity contribution in [3.8, 4) is 0 Å². The van der Waals surface area contributed by atoms with E-state index >= 15 is 0 Å². The second-order valence-corrected chi connectivity index (χ2v) is 8.83. The van der Waals surface area contributed by atoms with Crippen LogP contribution >= 0.6 is 0 Å². The van der Waals surface area contributed by atoms with E-state index in [-0.39, 0.29) is 10.8 Å². The van der Waals surface area contributed by atoms with Crippen LogP contribution in [0, 0.1) is 13.8 Å². The Hall–Kier alpha value is -1.82. The molecule has 0 heterocycles. The largest absolute Gasteiger partial charge is 0.0905 e. The third-order valence-corrected chi connectivity index (χ3v) is 5.92. The predicted octanol–water partition coefficient (Wildman–Crippen LogP) is 8.77. The molecule has 0 radical (unpaired) electrons. The lowest BCUT2D eigenvalue weighted by atomic mass is 9.62. The van der Waals surface area contributed by atoms with Gasteiger partial charge in [0.2, 0.25) is 0 Å². The molecule has 154 valence electrons. The molecule has 28 heavy (non-hydrogen) atoms. The van der Waals surface area contributed by atoms with Crippen LogP contribution in [0.1, 0.15) is 102 Å². The fourth-order valence-corrected chi connectivity index (χ4v) is 3.96. The summed E-state index contributed by atoms with van der Waals surface area (Å²) in [6, 6.07) is 13.6. The lowest BCUT2D eigenvalue weighted by Crippen LogP contribution is -2.34. The van der Waals surface area contributed by atoms with Gasteiger partial charge in [-0.2, -0.15) is 0 Å². The Morgan fingerprint density at radius 2 is 1.18 bits per heavy atom. The molecule has 2 aromatic rings. The average molecular weight is 379 g/mol. The minimum Gasteiger partial charge on any atom is -0.0905 e. The summed E-state index contributed by atoms with van der Waals surface area (Å²) < 4.78 is 0. The van der Waals surface area contributed by atoms with Crippen LogP contribution in [-0.2, 0) is 10.8 Å². The molecule has 0 bridgehead atoms. The van der Waals surface area contributed by atoms with E-state index in [2.05, 4.69) is 84.5 Å². The van der Waals surface area contributed by atoms with E-state index in [4.69, 9.17) is 0 Å². The maximum Gasteiger partial charge on any atom is -0.0100 e. The monoisotopic (exact) mass is 378 g/mol. The number of hydrogen-bond acceptors (Lipinski definition) is 0. The molecule has 0 saturated carbocycles. The Labute approximate surface area is 175 Å². The molecule has 0 N–H and O–H groups in total. The van der Waals surface area contributed by atoms with Crippen LogP contribution in [0.5, 0.6) is 0 Å². The van der Waals surface area contributed by atoms with Gasteiger partial charge in [-0.05, 0) is 70.9 Å². The smallest absolute Gasteiger partial charge is 0.0100 e. The van der Waals surface area contributed by atoms with Gasteiger partial charge in [-0.15, -0.1) is 0 Å². The summed E-state index contributed by atoms with van der Waals surface area (Å²) in [6.07, 6.45) is 2.50. The quantitative estimate of drug-likeness (QED) is 0.490. The zero-order valence-electron chi connectivity index (χ0n) is 20.1. The second-order valence-electron chi connectivity index (χ2n) is 8.83. The summed E-state index contributed by atoms with van der Waals surface area (Å²) in [5.41, 5.74) is 9.81. The molecule has 0 amide bonds. The Kier molecular flexibility index (Phi) is 8.30. The third kappa shape index (κ3) is 4.96. The molecule has 0 atom stereocenters. The van der Waals surface area contributed by atoms with Crippen LogP contribution in [0.3, 0.4) is 0 Å². The van der Waals surface area contributed by atoms with Gasteiger partial charge in [-0.25, -0.2) is 0 Å². The number of benzene rings is 2. The topological polar surface area (TPSA) is 0 Å². The van der Waals surface area contributed by atoms with Gasteiger partial charge in [0.1, 0.15) is 0 Å². The van der Waals surface area contributed by atoms with Crippen LogP contribution in [-0.4, -0.2) is 0 Å². The van der Waals surface area contributed by atoms with Gasteiger partial charge in [0.25, 0.3) is 0 Å². The highest BCUT2D eigenvalue weighted by Gasteiger charge is 2.37. The van der Waals surface area contributed by atoms with Crippen molar-refractivity contribution >= 4 is 5.57 Å². The molecule has 0 spiro atoms. The maximum atomic E-state index is 4.42. The van der Waals surface area contributed by atoms with E-state index < -0.39 is 0 Å². The normalized spacial score (nSPS) is 15.9. The molecule has 0 fully saturated rings. The SMILES string of the molecule is C=C(c1ccc(C)cc1)c1cc2c(cc1C)C(C)(C)CCC2(C)C.CC.CC. The lowest BCUT2D eigenvalue weighted by molar-refractivity contribution is 0.331. The summed E-state index contributed by atoms with van der Waals surface area (Å²) in [6.45, 7) is 26.3. The molecular formula is C28H42. The minimum atomic E-state index is 0.237. The van der Waals surface area contributed by atoms with E-state index in [1.54, 1.807) is 0 Å². The van der Waals surface area contributed by atoms with Crippen LogP contribution in [0.15, 0.2) is 43.0 Å². The van der Waals surface area contributed by atoms with Gasteiger partial charge in [-0.1, -0.05) is 104 Å². The van der Waals surface area contributed by atoms with Crippen molar-refractivity contribution in [1.29, 1.82) is 0 Å². The molecule has 0 heteroatoms. The number of fused-ring (bicyclic) bond motifs is 1. The van der Waals surface area contributed by atoms with E-state index in [0.29, 0.717) is 0 Å². The zero-order valence-corrected chi connectivity index (χ0v) is 20.1. The molecule has 0 aromatic heterocycles. The van der Waals surface area contributed by atoms with E-state index in [1.807, 2.05) is 27.7 Å². The molecule has 0 saturated heterocycles. The van der Waals surface area contributed by atoms with Crippen molar-refractivity contribution in [2.24, 2.45) is 0 Å². The van der Waals surface area contributed by atoms with Crippen LogP contribution in [0.25, 0.3) is 5.57 Å². The molecule has 0 aliphatic heterocycles. The van der Waals surface area contributed by atoms with E-state index in [9.17, 15) is 0 Å². The highest BCUT2D eigenvalue weighted by atomic mass is 14.4. The molecule has 2 aromatic carbocycles. The Morgan fingerprint density at radius 3 is 1.64 bits per heavy atom. The first-order valence-electron chi connectivity index (χ1n) is 11.0.